The Labute approximate surface area is 111 Å². The molecule has 0 aromatic heterocycles. The van der Waals surface area contributed by atoms with Gasteiger partial charge in [-0.15, -0.1) is 0 Å². The zero-order valence-electron chi connectivity index (χ0n) is 11.9. The highest BCUT2D eigenvalue weighted by Crippen LogP contribution is 2.38. The number of rotatable bonds is 3. The standard InChI is InChI=1S/C15H28N2O/c1-11-7-6-10-15(12(11)2,14(16)18)17-13-8-4-3-5-9-13/h11-13,17H,3-10H2,1-2H3,(H2,16,18). The van der Waals surface area contributed by atoms with E-state index >= 15 is 0 Å². The van der Waals surface area contributed by atoms with E-state index in [0.717, 1.165) is 12.8 Å². The lowest BCUT2D eigenvalue weighted by Gasteiger charge is -2.46. The first kappa shape index (κ1) is 13.9. The summed E-state index contributed by atoms with van der Waals surface area (Å²) in [4.78, 5) is 12.1. The van der Waals surface area contributed by atoms with Gasteiger partial charge in [-0.2, -0.15) is 0 Å². The van der Waals surface area contributed by atoms with Crippen LogP contribution in [0.4, 0.5) is 0 Å². The zero-order valence-corrected chi connectivity index (χ0v) is 11.9. The normalized spacial score (nSPS) is 38.6. The Morgan fingerprint density at radius 2 is 1.78 bits per heavy atom. The fourth-order valence-electron chi connectivity index (χ4n) is 3.90. The smallest absolute Gasteiger partial charge is 0.238 e. The van der Waals surface area contributed by atoms with Crippen LogP contribution in [0.25, 0.3) is 0 Å². The number of carbonyl (C=O) groups is 1. The Balaban J connectivity index is 2.12. The van der Waals surface area contributed by atoms with Crippen LogP contribution in [0.15, 0.2) is 0 Å². The van der Waals surface area contributed by atoms with Gasteiger partial charge in [-0.1, -0.05) is 46.0 Å². The largest absolute Gasteiger partial charge is 0.368 e. The lowest BCUT2D eigenvalue weighted by molar-refractivity contribution is -0.129. The first-order valence-electron chi connectivity index (χ1n) is 7.64. The van der Waals surface area contributed by atoms with Crippen molar-refractivity contribution in [3.8, 4) is 0 Å². The SMILES string of the molecule is CC1CCCC(NC2CCCCC2)(C(N)=O)C1C. The molecule has 0 radical (unpaired) electrons. The van der Waals surface area contributed by atoms with Crippen molar-refractivity contribution in [1.82, 2.24) is 5.32 Å². The van der Waals surface area contributed by atoms with Gasteiger partial charge >= 0.3 is 0 Å². The van der Waals surface area contributed by atoms with E-state index in [0.29, 0.717) is 17.9 Å². The molecule has 0 spiro atoms. The van der Waals surface area contributed by atoms with E-state index in [2.05, 4.69) is 19.2 Å². The van der Waals surface area contributed by atoms with Gasteiger partial charge in [0.25, 0.3) is 0 Å². The van der Waals surface area contributed by atoms with E-state index in [1.54, 1.807) is 0 Å². The maximum Gasteiger partial charge on any atom is 0.238 e. The average molecular weight is 252 g/mol. The van der Waals surface area contributed by atoms with Crippen LogP contribution >= 0.6 is 0 Å². The van der Waals surface area contributed by atoms with E-state index in [1.807, 2.05) is 0 Å². The maximum atomic E-state index is 12.1. The van der Waals surface area contributed by atoms with Crippen molar-refractivity contribution < 1.29 is 4.79 Å². The molecular formula is C15H28N2O. The van der Waals surface area contributed by atoms with Crippen molar-refractivity contribution in [2.24, 2.45) is 17.6 Å². The van der Waals surface area contributed by atoms with Gasteiger partial charge < -0.3 is 11.1 Å². The number of nitrogens with one attached hydrogen (secondary N) is 1. The lowest BCUT2D eigenvalue weighted by Crippen LogP contribution is -2.65. The molecular weight excluding hydrogens is 224 g/mol. The molecule has 3 nitrogen and oxygen atoms in total. The van der Waals surface area contributed by atoms with Crippen molar-refractivity contribution >= 4 is 5.91 Å². The predicted molar refractivity (Wildman–Crippen MR) is 74.1 cm³/mol. The molecule has 2 aliphatic rings. The Morgan fingerprint density at radius 3 is 2.39 bits per heavy atom. The number of primary amides is 1. The lowest BCUT2D eigenvalue weighted by atomic mass is 9.67. The van der Waals surface area contributed by atoms with E-state index in [4.69, 9.17) is 5.73 Å². The molecule has 0 aromatic carbocycles. The third-order valence-electron chi connectivity index (χ3n) is 5.37. The molecule has 18 heavy (non-hydrogen) atoms. The summed E-state index contributed by atoms with van der Waals surface area (Å²) in [7, 11) is 0. The molecule has 3 unspecified atom stereocenters. The van der Waals surface area contributed by atoms with Crippen molar-refractivity contribution in [2.75, 3.05) is 0 Å². The summed E-state index contributed by atoms with van der Waals surface area (Å²) in [6.45, 7) is 4.45. The average Bonchev–Trinajstić information content (AvgIpc) is 2.36. The Bertz CT molecular complexity index is 299. The van der Waals surface area contributed by atoms with Crippen molar-refractivity contribution in [1.29, 1.82) is 0 Å². The minimum atomic E-state index is -0.445. The molecule has 0 aliphatic heterocycles. The fraction of sp³-hybridized carbons (Fsp3) is 0.933. The highest BCUT2D eigenvalue weighted by atomic mass is 16.1. The summed E-state index contributed by atoms with van der Waals surface area (Å²) in [5, 5.41) is 3.68. The molecule has 0 heterocycles. The number of carbonyl (C=O) groups excluding carboxylic acids is 1. The van der Waals surface area contributed by atoms with E-state index in [-0.39, 0.29) is 5.91 Å². The first-order valence-corrected chi connectivity index (χ1v) is 7.64. The second-order valence-electron chi connectivity index (χ2n) is 6.47. The van der Waals surface area contributed by atoms with Gasteiger partial charge in [-0.25, -0.2) is 0 Å². The molecule has 2 fully saturated rings. The molecule has 2 rings (SSSR count). The molecule has 0 aromatic rings. The van der Waals surface area contributed by atoms with E-state index < -0.39 is 5.54 Å². The second kappa shape index (κ2) is 5.60. The summed E-state index contributed by atoms with van der Waals surface area (Å²) in [5.74, 6) is 0.806. The molecule has 104 valence electrons. The molecule has 0 saturated heterocycles. The quantitative estimate of drug-likeness (QED) is 0.811. The second-order valence-corrected chi connectivity index (χ2v) is 6.47. The van der Waals surface area contributed by atoms with Gasteiger partial charge in [0.2, 0.25) is 5.91 Å². The van der Waals surface area contributed by atoms with Crippen LogP contribution in [-0.2, 0) is 4.79 Å². The van der Waals surface area contributed by atoms with Crippen LogP contribution in [0.5, 0.6) is 0 Å². The number of nitrogens with two attached hydrogens (primary N) is 1. The first-order chi connectivity index (χ1) is 8.56. The third-order valence-corrected chi connectivity index (χ3v) is 5.37. The molecule has 3 N–H and O–H groups in total. The Morgan fingerprint density at radius 1 is 1.11 bits per heavy atom. The minimum absolute atomic E-state index is 0.132. The summed E-state index contributed by atoms with van der Waals surface area (Å²) < 4.78 is 0. The summed E-state index contributed by atoms with van der Waals surface area (Å²) >= 11 is 0. The summed E-state index contributed by atoms with van der Waals surface area (Å²) in [5.41, 5.74) is 5.33. The fourth-order valence-corrected chi connectivity index (χ4v) is 3.90. The Hall–Kier alpha value is -0.570. The van der Waals surface area contributed by atoms with Gasteiger partial charge in [-0.3, -0.25) is 4.79 Å². The minimum Gasteiger partial charge on any atom is -0.368 e. The predicted octanol–water partition coefficient (Wildman–Crippen LogP) is 2.59. The Kier molecular flexibility index (Phi) is 4.31. The van der Waals surface area contributed by atoms with Crippen LogP contribution in [-0.4, -0.2) is 17.5 Å². The van der Waals surface area contributed by atoms with Gasteiger partial charge in [0.1, 0.15) is 5.54 Å². The third kappa shape index (κ3) is 2.56. The van der Waals surface area contributed by atoms with E-state index in [1.165, 1.54) is 38.5 Å². The monoisotopic (exact) mass is 252 g/mol. The van der Waals surface area contributed by atoms with Crippen LogP contribution < -0.4 is 11.1 Å². The number of amides is 1. The molecule has 2 aliphatic carbocycles. The molecule has 1 amide bonds. The highest BCUT2D eigenvalue weighted by Gasteiger charge is 2.47. The van der Waals surface area contributed by atoms with Crippen molar-refractivity contribution in [3.05, 3.63) is 0 Å². The van der Waals surface area contributed by atoms with Gasteiger partial charge in [-0.05, 0) is 31.1 Å². The van der Waals surface area contributed by atoms with Crippen molar-refractivity contribution in [3.63, 3.8) is 0 Å². The number of hydrogen-bond acceptors (Lipinski definition) is 2. The highest BCUT2D eigenvalue weighted by molar-refractivity contribution is 5.85. The van der Waals surface area contributed by atoms with Gasteiger partial charge in [0, 0.05) is 6.04 Å². The molecule has 0 bridgehead atoms. The summed E-state index contributed by atoms with van der Waals surface area (Å²) in [6.07, 6.45) is 9.59. The van der Waals surface area contributed by atoms with Crippen molar-refractivity contribution in [2.45, 2.75) is 76.8 Å². The number of hydrogen-bond donors (Lipinski definition) is 2. The van der Waals surface area contributed by atoms with Crippen LogP contribution in [0.1, 0.15) is 65.2 Å². The van der Waals surface area contributed by atoms with Crippen LogP contribution in [0.2, 0.25) is 0 Å². The van der Waals surface area contributed by atoms with Gasteiger partial charge in [0.15, 0.2) is 0 Å². The zero-order chi connectivity index (χ0) is 13.2. The maximum absolute atomic E-state index is 12.1. The van der Waals surface area contributed by atoms with Gasteiger partial charge in [0.05, 0.1) is 0 Å². The summed E-state index contributed by atoms with van der Waals surface area (Å²) in [6, 6.07) is 0.499. The van der Waals surface area contributed by atoms with Crippen LogP contribution in [0, 0.1) is 11.8 Å². The molecule has 2 saturated carbocycles. The van der Waals surface area contributed by atoms with E-state index in [9.17, 15) is 4.79 Å². The molecule has 3 atom stereocenters. The molecule has 3 heteroatoms. The topological polar surface area (TPSA) is 55.1 Å². The van der Waals surface area contributed by atoms with Crippen LogP contribution in [0.3, 0.4) is 0 Å².